The van der Waals surface area contributed by atoms with E-state index in [1.807, 2.05) is 29.2 Å². The molecule has 0 aliphatic carbocycles. The van der Waals surface area contributed by atoms with Crippen molar-refractivity contribution in [2.75, 3.05) is 51.2 Å². The molecule has 50 heavy (non-hydrogen) atoms. The summed E-state index contributed by atoms with van der Waals surface area (Å²) in [6, 6.07) is 13.1. The molecule has 4 aliphatic rings. The number of benzene rings is 2. The Kier molecular flexibility index (Phi) is 8.89. The Bertz CT molecular complexity index is 1950. The number of rotatable bonds is 7. The predicted molar refractivity (Wildman–Crippen MR) is 187 cm³/mol. The monoisotopic (exact) mass is 685 g/mol. The molecule has 3 aromatic rings. The number of aliphatic imine (C=N–C) groups is 3. The number of halogens is 3. The molecule has 7 rings (SSSR count). The minimum atomic E-state index is -4.45. The van der Waals surface area contributed by atoms with E-state index in [0.717, 1.165) is 23.6 Å². The second kappa shape index (κ2) is 13.3. The number of amidine groups is 1. The molecule has 2 amide bonds. The van der Waals surface area contributed by atoms with E-state index in [-0.39, 0.29) is 18.4 Å². The lowest BCUT2D eigenvalue weighted by atomic mass is 9.85. The Labute approximate surface area is 287 Å². The summed E-state index contributed by atoms with van der Waals surface area (Å²) in [5.74, 6) is -2.38. The molecular weight excluding hydrogens is 647 g/mol. The first kappa shape index (κ1) is 33.4. The third-order valence-corrected chi connectivity index (χ3v) is 10.3. The number of amides is 2. The average molecular weight is 686 g/mol. The zero-order valence-electron chi connectivity index (χ0n) is 27.6. The molecule has 0 saturated carbocycles. The van der Waals surface area contributed by atoms with Gasteiger partial charge in [0.05, 0.1) is 35.0 Å². The summed E-state index contributed by atoms with van der Waals surface area (Å²) in [6.07, 6.45) is 4.58. The SMILES string of the molecule is CN=CN=C(N)c1ccc(C2=CCN(C(=O)CN3CC[C@]4(CCN(c5ccc6n[nH]c(C7C=NC=CC7C(F)(F)F)c6c5)C4=O)C3)CC2)cc1. The molecule has 2 aromatic carbocycles. The first-order valence-corrected chi connectivity index (χ1v) is 16.7. The Hall–Kier alpha value is -5.11. The maximum Gasteiger partial charge on any atom is 0.396 e. The topological polar surface area (TPSA) is 136 Å². The average Bonchev–Trinajstić information content (AvgIpc) is 3.83. The van der Waals surface area contributed by atoms with Crippen LogP contribution in [-0.4, -0.2) is 103 Å². The summed E-state index contributed by atoms with van der Waals surface area (Å²) < 4.78 is 41.5. The molecule has 2 fully saturated rings. The first-order chi connectivity index (χ1) is 24.1. The van der Waals surface area contributed by atoms with Gasteiger partial charge < -0.3 is 15.5 Å². The van der Waals surface area contributed by atoms with E-state index in [1.165, 1.54) is 24.3 Å². The molecule has 3 atom stereocenters. The van der Waals surface area contributed by atoms with Gasteiger partial charge in [0.25, 0.3) is 0 Å². The lowest BCUT2D eigenvalue weighted by Gasteiger charge is -2.29. The number of carbonyl (C=O) groups excluding carboxylic acids is 2. The van der Waals surface area contributed by atoms with Gasteiger partial charge in [-0.05, 0) is 55.1 Å². The van der Waals surface area contributed by atoms with Gasteiger partial charge in [0.1, 0.15) is 12.2 Å². The highest BCUT2D eigenvalue weighted by atomic mass is 19.4. The van der Waals surface area contributed by atoms with Gasteiger partial charge in [0, 0.05) is 62.3 Å². The number of allylic oxidation sites excluding steroid dienone is 1. The fraction of sp³-hybridized carbons (Fsp3) is 0.389. The number of nitrogens with two attached hydrogens (primary N) is 1. The van der Waals surface area contributed by atoms with Crippen molar-refractivity contribution in [2.45, 2.75) is 31.4 Å². The van der Waals surface area contributed by atoms with Crippen LogP contribution in [0.5, 0.6) is 0 Å². The van der Waals surface area contributed by atoms with Crippen LogP contribution in [0.1, 0.15) is 42.0 Å². The summed E-state index contributed by atoms with van der Waals surface area (Å²) in [7, 11) is 1.63. The van der Waals surface area contributed by atoms with Crippen molar-refractivity contribution in [2.24, 2.45) is 32.0 Å². The summed E-state index contributed by atoms with van der Waals surface area (Å²) in [5, 5.41) is 7.57. The molecule has 4 aliphatic heterocycles. The van der Waals surface area contributed by atoms with Gasteiger partial charge in [-0.15, -0.1) is 0 Å². The molecule has 0 radical (unpaired) electrons. The number of likely N-dealkylation sites (tertiary alicyclic amines) is 1. The summed E-state index contributed by atoms with van der Waals surface area (Å²) in [4.78, 5) is 44.8. The number of anilines is 1. The number of nitrogens with zero attached hydrogens (tertiary/aromatic N) is 7. The van der Waals surface area contributed by atoms with Crippen LogP contribution < -0.4 is 10.6 Å². The molecule has 11 nitrogen and oxygen atoms in total. The number of aromatic amines is 1. The third-order valence-electron chi connectivity index (χ3n) is 10.3. The molecule has 2 saturated heterocycles. The number of nitrogens with one attached hydrogen (secondary N) is 1. The van der Waals surface area contributed by atoms with Gasteiger partial charge in [0.15, 0.2) is 0 Å². The summed E-state index contributed by atoms with van der Waals surface area (Å²) in [6.45, 7) is 2.99. The second-order valence-electron chi connectivity index (χ2n) is 13.3. The lowest BCUT2D eigenvalue weighted by molar-refractivity contribution is -0.162. The zero-order chi connectivity index (χ0) is 35.0. The Balaban J connectivity index is 0.977. The number of H-pyrrole nitrogens is 1. The molecule has 1 aromatic heterocycles. The number of carbonyl (C=O) groups is 2. The van der Waals surface area contributed by atoms with E-state index in [0.29, 0.717) is 73.7 Å². The van der Waals surface area contributed by atoms with Gasteiger partial charge >= 0.3 is 6.18 Å². The Morgan fingerprint density at radius 2 is 1.94 bits per heavy atom. The highest BCUT2D eigenvalue weighted by Gasteiger charge is 2.51. The van der Waals surface area contributed by atoms with Gasteiger partial charge in [-0.2, -0.15) is 18.3 Å². The van der Waals surface area contributed by atoms with E-state index >= 15 is 0 Å². The zero-order valence-corrected chi connectivity index (χ0v) is 27.6. The van der Waals surface area contributed by atoms with Crippen molar-refractivity contribution in [1.82, 2.24) is 20.0 Å². The maximum atomic E-state index is 14.0. The van der Waals surface area contributed by atoms with Crippen LogP contribution in [0.2, 0.25) is 0 Å². The van der Waals surface area contributed by atoms with Crippen LogP contribution in [0, 0.1) is 11.3 Å². The second-order valence-corrected chi connectivity index (χ2v) is 13.3. The fourth-order valence-electron chi connectivity index (χ4n) is 7.54. The normalized spacial score (nSPS) is 24.8. The van der Waals surface area contributed by atoms with Crippen molar-refractivity contribution >= 4 is 52.4 Å². The number of alkyl halides is 3. The molecule has 5 heterocycles. The third kappa shape index (κ3) is 6.35. The molecule has 0 bridgehead atoms. The lowest BCUT2D eigenvalue weighted by Crippen LogP contribution is -2.43. The first-order valence-electron chi connectivity index (χ1n) is 16.7. The predicted octanol–water partition coefficient (Wildman–Crippen LogP) is 4.53. The summed E-state index contributed by atoms with van der Waals surface area (Å²) >= 11 is 0. The van der Waals surface area contributed by atoms with Crippen LogP contribution >= 0.6 is 0 Å². The molecule has 14 heteroatoms. The fourth-order valence-corrected chi connectivity index (χ4v) is 7.54. The molecule has 3 N–H and O–H groups in total. The Morgan fingerprint density at radius 3 is 2.68 bits per heavy atom. The van der Waals surface area contributed by atoms with Crippen LogP contribution in [0.25, 0.3) is 16.5 Å². The van der Waals surface area contributed by atoms with E-state index < -0.39 is 23.4 Å². The molecule has 1 spiro atoms. The van der Waals surface area contributed by atoms with Gasteiger partial charge in [-0.25, -0.2) is 4.99 Å². The smallest absolute Gasteiger partial charge is 0.383 e. The quantitative estimate of drug-likeness (QED) is 0.278. The minimum Gasteiger partial charge on any atom is -0.383 e. The Morgan fingerprint density at radius 1 is 1.14 bits per heavy atom. The van der Waals surface area contributed by atoms with Crippen molar-refractivity contribution in [3.05, 3.63) is 77.6 Å². The van der Waals surface area contributed by atoms with Gasteiger partial charge in [0.2, 0.25) is 11.8 Å². The van der Waals surface area contributed by atoms with Crippen molar-refractivity contribution in [1.29, 1.82) is 0 Å². The van der Waals surface area contributed by atoms with Crippen LogP contribution in [0.3, 0.4) is 0 Å². The number of hydrogen-bond acceptors (Lipinski definition) is 6. The minimum absolute atomic E-state index is 0.0183. The maximum absolute atomic E-state index is 14.0. The summed E-state index contributed by atoms with van der Waals surface area (Å²) in [5.41, 5.74) is 9.92. The van der Waals surface area contributed by atoms with E-state index in [9.17, 15) is 22.8 Å². The van der Waals surface area contributed by atoms with Gasteiger partial charge in [-0.1, -0.05) is 36.4 Å². The molecule has 2 unspecified atom stereocenters. The van der Waals surface area contributed by atoms with Crippen LogP contribution in [0.4, 0.5) is 18.9 Å². The number of aromatic nitrogens is 2. The van der Waals surface area contributed by atoms with E-state index in [1.54, 1.807) is 30.1 Å². The van der Waals surface area contributed by atoms with E-state index in [2.05, 4.69) is 36.2 Å². The largest absolute Gasteiger partial charge is 0.396 e. The van der Waals surface area contributed by atoms with Crippen molar-refractivity contribution < 1.29 is 22.8 Å². The highest BCUT2D eigenvalue weighted by molar-refractivity contribution is 6.03. The number of hydrogen-bond donors (Lipinski definition) is 2. The van der Waals surface area contributed by atoms with Crippen molar-refractivity contribution in [3.63, 3.8) is 0 Å². The van der Waals surface area contributed by atoms with Crippen LogP contribution in [-0.2, 0) is 9.59 Å². The molecule has 260 valence electrons. The molecular formula is C36H38F3N9O2. The van der Waals surface area contributed by atoms with Crippen LogP contribution in [0.15, 0.2) is 75.8 Å². The highest BCUT2D eigenvalue weighted by Crippen LogP contribution is 2.44. The van der Waals surface area contributed by atoms with Gasteiger partial charge in [-0.3, -0.25) is 29.6 Å². The standard InChI is InChI=1S/C36H38F3N9O2/c1-41-22-43-33(40)25-4-2-23(3-5-25)24-9-14-47(15-10-24)31(49)20-46-16-11-35(21-46)12-17-48(34(35)50)26-6-7-30-27(18-26)32(45-44-30)28-19-42-13-8-29(28)36(37,38)39/h2-9,13,18-19,22,28-29H,10-12,14-17,20-21H2,1H3,(H,44,45)(H2,40,41,43)/t28?,29?,35-/m0/s1. The van der Waals surface area contributed by atoms with E-state index in [4.69, 9.17) is 5.73 Å². The van der Waals surface area contributed by atoms with Crippen molar-refractivity contribution in [3.8, 4) is 0 Å². The number of fused-ring (bicyclic) bond motifs is 1.